The van der Waals surface area contributed by atoms with Gasteiger partial charge in [0.1, 0.15) is 5.75 Å². The van der Waals surface area contributed by atoms with Crippen LogP contribution in [-0.2, 0) is 6.54 Å². The number of aromatic nitrogens is 3. The maximum Gasteiger partial charge on any atom is 0.180 e. The van der Waals surface area contributed by atoms with E-state index in [1.54, 1.807) is 13.3 Å². The van der Waals surface area contributed by atoms with Gasteiger partial charge in [-0.2, -0.15) is 0 Å². The van der Waals surface area contributed by atoms with Crippen molar-refractivity contribution < 1.29 is 4.74 Å². The van der Waals surface area contributed by atoms with E-state index in [4.69, 9.17) is 4.74 Å². The predicted octanol–water partition coefficient (Wildman–Crippen LogP) is 5.17. The third-order valence-electron chi connectivity index (χ3n) is 5.11. The molecule has 0 fully saturated rings. The molecule has 0 radical (unpaired) electrons. The van der Waals surface area contributed by atoms with E-state index in [1.807, 2.05) is 36.7 Å². The third-order valence-corrected chi connectivity index (χ3v) is 5.11. The van der Waals surface area contributed by atoms with Crippen molar-refractivity contribution in [3.05, 3.63) is 90.9 Å². The second kappa shape index (κ2) is 7.28. The van der Waals surface area contributed by atoms with Gasteiger partial charge in [0.15, 0.2) is 11.5 Å². The van der Waals surface area contributed by atoms with Crippen molar-refractivity contribution >= 4 is 22.2 Å². The van der Waals surface area contributed by atoms with Crippen LogP contribution < -0.4 is 10.1 Å². The minimum atomic E-state index is 0.660. The fourth-order valence-electron chi connectivity index (χ4n) is 3.62. The number of nitrogens with zero attached hydrogens (tertiary/aromatic N) is 3. The molecular weight excluding hydrogens is 360 g/mol. The van der Waals surface area contributed by atoms with Gasteiger partial charge in [-0.1, -0.05) is 54.6 Å². The van der Waals surface area contributed by atoms with E-state index in [-0.39, 0.29) is 0 Å². The molecular formula is C24H20N4O. The molecule has 0 aliphatic carbocycles. The summed E-state index contributed by atoms with van der Waals surface area (Å²) in [7, 11) is 1.67. The van der Waals surface area contributed by atoms with Crippen molar-refractivity contribution in [2.45, 2.75) is 6.54 Å². The number of benzene rings is 3. The van der Waals surface area contributed by atoms with Gasteiger partial charge in [0.25, 0.3) is 0 Å². The van der Waals surface area contributed by atoms with Crippen LogP contribution >= 0.6 is 0 Å². The Kier molecular flexibility index (Phi) is 4.33. The molecule has 5 heteroatoms. The van der Waals surface area contributed by atoms with Crippen molar-refractivity contribution in [1.29, 1.82) is 0 Å². The third kappa shape index (κ3) is 3.17. The van der Waals surface area contributed by atoms with Crippen LogP contribution in [0.4, 0.5) is 5.82 Å². The van der Waals surface area contributed by atoms with Crippen LogP contribution in [0.2, 0.25) is 0 Å². The molecule has 0 amide bonds. The fraction of sp³-hybridized carbons (Fsp3) is 0.0833. The minimum absolute atomic E-state index is 0.660. The van der Waals surface area contributed by atoms with Gasteiger partial charge in [0, 0.05) is 24.5 Å². The number of hydrogen-bond donors (Lipinski definition) is 1. The first-order valence-electron chi connectivity index (χ1n) is 9.50. The Morgan fingerprint density at radius 1 is 0.931 bits per heavy atom. The number of anilines is 1. The van der Waals surface area contributed by atoms with Gasteiger partial charge in [-0.25, -0.2) is 9.97 Å². The van der Waals surface area contributed by atoms with Gasteiger partial charge in [-0.15, -0.1) is 0 Å². The highest BCUT2D eigenvalue weighted by molar-refractivity contribution is 5.96. The second-order valence-corrected chi connectivity index (χ2v) is 6.84. The quantitative estimate of drug-likeness (QED) is 0.457. The molecule has 2 heterocycles. The van der Waals surface area contributed by atoms with Gasteiger partial charge >= 0.3 is 0 Å². The van der Waals surface area contributed by atoms with E-state index in [1.165, 1.54) is 10.8 Å². The standard InChI is InChI=1S/C24H20N4O/c1-29-19-11-9-17(10-12-19)15-26-23-24-27-16-22(28(24)14-13-25-23)21-8-4-6-18-5-2-3-7-20(18)21/h2-14,16H,15H2,1H3,(H,25,26). The van der Waals surface area contributed by atoms with Gasteiger partial charge in [0.05, 0.1) is 19.0 Å². The van der Waals surface area contributed by atoms with Crippen LogP contribution in [-0.4, -0.2) is 21.5 Å². The van der Waals surface area contributed by atoms with Gasteiger partial charge in [-0.05, 0) is 28.5 Å². The summed E-state index contributed by atoms with van der Waals surface area (Å²) in [6, 6.07) is 22.8. The van der Waals surface area contributed by atoms with E-state index in [0.717, 1.165) is 34.0 Å². The van der Waals surface area contributed by atoms with Crippen LogP contribution in [0.25, 0.3) is 27.7 Å². The Balaban J connectivity index is 1.50. The Bertz CT molecular complexity index is 1290. The van der Waals surface area contributed by atoms with E-state index < -0.39 is 0 Å². The summed E-state index contributed by atoms with van der Waals surface area (Å²) in [6.45, 7) is 0.660. The number of imidazole rings is 1. The Morgan fingerprint density at radius 3 is 2.62 bits per heavy atom. The first kappa shape index (κ1) is 17.3. The number of methoxy groups -OCH3 is 1. The lowest BCUT2D eigenvalue weighted by atomic mass is 10.0. The topological polar surface area (TPSA) is 51.5 Å². The highest BCUT2D eigenvalue weighted by atomic mass is 16.5. The molecule has 0 aliphatic heterocycles. The van der Waals surface area contributed by atoms with E-state index >= 15 is 0 Å². The van der Waals surface area contributed by atoms with E-state index in [9.17, 15) is 0 Å². The molecule has 5 aromatic rings. The Hall–Kier alpha value is -3.86. The molecule has 2 aromatic heterocycles. The number of fused-ring (bicyclic) bond motifs is 2. The van der Waals surface area contributed by atoms with Crippen molar-refractivity contribution in [1.82, 2.24) is 14.4 Å². The molecule has 0 saturated carbocycles. The SMILES string of the molecule is COc1ccc(CNc2nccn3c(-c4cccc5ccccc45)cnc23)cc1. The van der Waals surface area contributed by atoms with Gasteiger partial charge in [0.2, 0.25) is 0 Å². The highest BCUT2D eigenvalue weighted by Gasteiger charge is 2.12. The molecule has 5 nitrogen and oxygen atoms in total. The Morgan fingerprint density at radius 2 is 1.76 bits per heavy atom. The summed E-state index contributed by atoms with van der Waals surface area (Å²) in [5, 5.41) is 5.83. The summed E-state index contributed by atoms with van der Waals surface area (Å²) in [5.41, 5.74) is 4.16. The molecule has 0 aliphatic rings. The maximum atomic E-state index is 5.22. The summed E-state index contributed by atoms with van der Waals surface area (Å²) in [5.74, 6) is 1.61. The molecule has 0 spiro atoms. The summed E-state index contributed by atoms with van der Waals surface area (Å²) >= 11 is 0. The van der Waals surface area contributed by atoms with E-state index in [2.05, 4.69) is 62.2 Å². The molecule has 0 saturated heterocycles. The fourth-order valence-corrected chi connectivity index (χ4v) is 3.62. The van der Waals surface area contributed by atoms with Crippen LogP contribution in [0.5, 0.6) is 5.75 Å². The highest BCUT2D eigenvalue weighted by Crippen LogP contribution is 2.30. The predicted molar refractivity (Wildman–Crippen MR) is 116 cm³/mol. The normalized spacial score (nSPS) is 11.1. The lowest BCUT2D eigenvalue weighted by molar-refractivity contribution is 0.414. The van der Waals surface area contributed by atoms with Crippen molar-refractivity contribution in [3.8, 4) is 17.0 Å². The second-order valence-electron chi connectivity index (χ2n) is 6.84. The molecule has 29 heavy (non-hydrogen) atoms. The van der Waals surface area contributed by atoms with Crippen molar-refractivity contribution in [2.75, 3.05) is 12.4 Å². The van der Waals surface area contributed by atoms with Crippen molar-refractivity contribution in [2.24, 2.45) is 0 Å². The summed E-state index contributed by atoms with van der Waals surface area (Å²) in [4.78, 5) is 9.17. The van der Waals surface area contributed by atoms with Crippen LogP contribution in [0, 0.1) is 0 Å². The molecule has 1 N–H and O–H groups in total. The first-order chi connectivity index (χ1) is 14.3. The molecule has 0 bridgehead atoms. The van der Waals surface area contributed by atoms with Gasteiger partial charge in [-0.3, -0.25) is 4.40 Å². The molecule has 0 unspecified atom stereocenters. The average molecular weight is 380 g/mol. The first-order valence-corrected chi connectivity index (χ1v) is 9.50. The van der Waals surface area contributed by atoms with E-state index in [0.29, 0.717) is 6.54 Å². The summed E-state index contributed by atoms with van der Waals surface area (Å²) in [6.07, 6.45) is 5.68. The zero-order valence-corrected chi connectivity index (χ0v) is 16.0. The molecule has 142 valence electrons. The number of ether oxygens (including phenoxy) is 1. The number of rotatable bonds is 5. The zero-order valence-electron chi connectivity index (χ0n) is 16.0. The van der Waals surface area contributed by atoms with Crippen LogP contribution in [0.3, 0.4) is 0 Å². The Labute approximate surface area is 168 Å². The zero-order chi connectivity index (χ0) is 19.6. The summed E-state index contributed by atoms with van der Waals surface area (Å²) < 4.78 is 7.31. The largest absolute Gasteiger partial charge is 0.497 e. The minimum Gasteiger partial charge on any atom is -0.497 e. The maximum absolute atomic E-state index is 5.22. The molecule has 3 aromatic carbocycles. The van der Waals surface area contributed by atoms with Gasteiger partial charge < -0.3 is 10.1 Å². The van der Waals surface area contributed by atoms with Crippen molar-refractivity contribution in [3.63, 3.8) is 0 Å². The molecule has 0 atom stereocenters. The monoisotopic (exact) mass is 380 g/mol. The lowest BCUT2D eigenvalue weighted by Crippen LogP contribution is -2.04. The van der Waals surface area contributed by atoms with Crippen LogP contribution in [0.15, 0.2) is 85.3 Å². The van der Waals surface area contributed by atoms with Crippen LogP contribution in [0.1, 0.15) is 5.56 Å². The smallest absolute Gasteiger partial charge is 0.180 e. The molecule has 5 rings (SSSR count). The average Bonchev–Trinajstić information content (AvgIpc) is 3.22. The lowest BCUT2D eigenvalue weighted by Gasteiger charge is -2.09. The number of nitrogens with one attached hydrogen (secondary N) is 1. The number of hydrogen-bond acceptors (Lipinski definition) is 4.